The molecule has 1 fully saturated rings. The van der Waals surface area contributed by atoms with Gasteiger partial charge in [0.2, 0.25) is 0 Å². The van der Waals surface area contributed by atoms with Crippen LogP contribution in [0.1, 0.15) is 25.0 Å². The molecule has 1 N–H and O–H groups in total. The smallest absolute Gasteiger partial charge is 0.193 e. The van der Waals surface area contributed by atoms with Crippen LogP contribution in [0.3, 0.4) is 0 Å². The molecule has 1 saturated heterocycles. The van der Waals surface area contributed by atoms with E-state index in [4.69, 9.17) is 13.9 Å². The first-order valence-electron chi connectivity index (χ1n) is 8.42. The Labute approximate surface area is 138 Å². The van der Waals surface area contributed by atoms with Crippen molar-refractivity contribution in [2.45, 2.75) is 31.8 Å². The Balaban J connectivity index is 1.64. The van der Waals surface area contributed by atoms with E-state index in [9.17, 15) is 0 Å². The fraction of sp³-hybridized carbons (Fsp3) is 0.706. The molecule has 0 bridgehead atoms. The SMILES string of the molecule is CN=C(NCCc1ccco1)N1CCC(OCCCOC)CC1. The van der Waals surface area contributed by atoms with E-state index in [0.717, 1.165) is 70.3 Å². The number of aliphatic imine (C=N–C) groups is 1. The highest BCUT2D eigenvalue weighted by molar-refractivity contribution is 5.79. The maximum atomic E-state index is 5.90. The van der Waals surface area contributed by atoms with Gasteiger partial charge in [-0.3, -0.25) is 4.99 Å². The summed E-state index contributed by atoms with van der Waals surface area (Å²) >= 11 is 0. The highest BCUT2D eigenvalue weighted by atomic mass is 16.5. The number of hydrogen-bond acceptors (Lipinski definition) is 4. The molecule has 130 valence electrons. The zero-order valence-electron chi connectivity index (χ0n) is 14.3. The number of rotatable bonds is 8. The van der Waals surface area contributed by atoms with Crippen molar-refractivity contribution < 1.29 is 13.9 Å². The maximum Gasteiger partial charge on any atom is 0.193 e. The number of hydrogen-bond donors (Lipinski definition) is 1. The minimum atomic E-state index is 0.365. The van der Waals surface area contributed by atoms with E-state index in [-0.39, 0.29) is 0 Å². The lowest BCUT2D eigenvalue weighted by Gasteiger charge is -2.34. The molecule has 0 radical (unpaired) electrons. The van der Waals surface area contributed by atoms with Gasteiger partial charge in [0.05, 0.1) is 12.4 Å². The van der Waals surface area contributed by atoms with Crippen LogP contribution in [0.25, 0.3) is 0 Å². The monoisotopic (exact) mass is 323 g/mol. The Morgan fingerprint density at radius 2 is 2.22 bits per heavy atom. The van der Waals surface area contributed by atoms with Crippen molar-refractivity contribution in [1.82, 2.24) is 10.2 Å². The fourth-order valence-electron chi connectivity index (χ4n) is 2.77. The van der Waals surface area contributed by atoms with Crippen molar-refractivity contribution in [3.05, 3.63) is 24.2 Å². The van der Waals surface area contributed by atoms with Crippen LogP contribution < -0.4 is 5.32 Å². The molecule has 0 spiro atoms. The molecule has 1 aromatic rings. The van der Waals surface area contributed by atoms with Crippen LogP contribution >= 0.6 is 0 Å². The number of ether oxygens (including phenoxy) is 2. The van der Waals surface area contributed by atoms with Gasteiger partial charge in [-0.05, 0) is 31.4 Å². The summed E-state index contributed by atoms with van der Waals surface area (Å²) in [5.41, 5.74) is 0. The van der Waals surface area contributed by atoms with E-state index in [1.54, 1.807) is 13.4 Å². The van der Waals surface area contributed by atoms with E-state index in [0.29, 0.717) is 6.10 Å². The molecular formula is C17H29N3O3. The molecule has 0 aromatic carbocycles. The Kier molecular flexibility index (Phi) is 7.97. The Morgan fingerprint density at radius 1 is 1.39 bits per heavy atom. The Morgan fingerprint density at radius 3 is 2.87 bits per heavy atom. The van der Waals surface area contributed by atoms with Gasteiger partial charge in [-0.2, -0.15) is 0 Å². The molecule has 0 saturated carbocycles. The minimum absolute atomic E-state index is 0.365. The second kappa shape index (κ2) is 10.3. The average Bonchev–Trinajstić information content (AvgIpc) is 3.10. The summed E-state index contributed by atoms with van der Waals surface area (Å²) in [6.45, 7) is 4.35. The summed E-state index contributed by atoms with van der Waals surface area (Å²) in [5.74, 6) is 1.96. The quantitative estimate of drug-likeness (QED) is 0.450. The first-order valence-corrected chi connectivity index (χ1v) is 8.42. The van der Waals surface area contributed by atoms with Crippen LogP contribution in [-0.4, -0.2) is 64.0 Å². The highest BCUT2D eigenvalue weighted by Crippen LogP contribution is 2.14. The summed E-state index contributed by atoms with van der Waals surface area (Å²) in [6.07, 6.45) is 6.00. The van der Waals surface area contributed by atoms with Gasteiger partial charge in [-0.25, -0.2) is 0 Å². The number of methoxy groups -OCH3 is 1. The molecule has 0 atom stereocenters. The number of piperidine rings is 1. The summed E-state index contributed by atoms with van der Waals surface area (Å²) in [5, 5.41) is 3.41. The first-order chi connectivity index (χ1) is 11.3. The topological polar surface area (TPSA) is 59.2 Å². The third-order valence-corrected chi connectivity index (χ3v) is 4.03. The maximum absolute atomic E-state index is 5.90. The molecule has 0 amide bonds. The third kappa shape index (κ3) is 6.23. The largest absolute Gasteiger partial charge is 0.469 e. The van der Waals surface area contributed by atoms with Crippen molar-refractivity contribution in [1.29, 1.82) is 0 Å². The average molecular weight is 323 g/mol. The Hall–Kier alpha value is -1.53. The number of furan rings is 1. The van der Waals surface area contributed by atoms with Crippen molar-refractivity contribution in [2.24, 2.45) is 4.99 Å². The van der Waals surface area contributed by atoms with E-state index in [1.165, 1.54) is 0 Å². The van der Waals surface area contributed by atoms with Crippen molar-refractivity contribution >= 4 is 5.96 Å². The van der Waals surface area contributed by atoms with E-state index in [2.05, 4.69) is 15.2 Å². The predicted octanol–water partition coefficient (Wildman–Crippen LogP) is 1.92. The summed E-state index contributed by atoms with van der Waals surface area (Å²) < 4.78 is 16.3. The second-order valence-electron chi connectivity index (χ2n) is 5.71. The fourth-order valence-corrected chi connectivity index (χ4v) is 2.77. The molecule has 23 heavy (non-hydrogen) atoms. The van der Waals surface area contributed by atoms with Crippen LogP contribution in [-0.2, 0) is 15.9 Å². The van der Waals surface area contributed by atoms with Gasteiger partial charge >= 0.3 is 0 Å². The number of guanidine groups is 1. The molecule has 1 aliphatic heterocycles. The van der Waals surface area contributed by atoms with Crippen LogP contribution in [0.5, 0.6) is 0 Å². The summed E-state index contributed by atoms with van der Waals surface area (Å²) in [6, 6.07) is 3.92. The normalized spacial score (nSPS) is 16.8. The second-order valence-corrected chi connectivity index (χ2v) is 5.71. The molecule has 0 unspecified atom stereocenters. The van der Waals surface area contributed by atoms with Crippen LogP contribution in [0.2, 0.25) is 0 Å². The lowest BCUT2D eigenvalue weighted by molar-refractivity contribution is 0.00991. The van der Waals surface area contributed by atoms with Gasteiger partial charge in [0.1, 0.15) is 5.76 Å². The van der Waals surface area contributed by atoms with Gasteiger partial charge in [0.25, 0.3) is 0 Å². The number of likely N-dealkylation sites (tertiary alicyclic amines) is 1. The lowest BCUT2D eigenvalue weighted by Crippen LogP contribution is -2.47. The van der Waals surface area contributed by atoms with E-state index >= 15 is 0 Å². The van der Waals surface area contributed by atoms with E-state index < -0.39 is 0 Å². The number of nitrogens with zero attached hydrogens (tertiary/aromatic N) is 2. The molecule has 1 aromatic heterocycles. The zero-order valence-corrected chi connectivity index (χ0v) is 14.3. The first kappa shape index (κ1) is 17.8. The third-order valence-electron chi connectivity index (χ3n) is 4.03. The summed E-state index contributed by atoms with van der Waals surface area (Å²) in [4.78, 5) is 6.69. The molecule has 2 rings (SSSR count). The minimum Gasteiger partial charge on any atom is -0.469 e. The number of nitrogens with one attached hydrogen (secondary N) is 1. The van der Waals surface area contributed by atoms with Crippen molar-refractivity contribution in [2.75, 3.05) is 47.0 Å². The van der Waals surface area contributed by atoms with Crippen LogP contribution in [0.15, 0.2) is 27.8 Å². The van der Waals surface area contributed by atoms with E-state index in [1.807, 2.05) is 19.2 Å². The van der Waals surface area contributed by atoms with Gasteiger partial charge in [-0.1, -0.05) is 0 Å². The summed E-state index contributed by atoms with van der Waals surface area (Å²) in [7, 11) is 3.56. The molecule has 0 aliphatic carbocycles. The van der Waals surface area contributed by atoms with Crippen molar-refractivity contribution in [3.8, 4) is 0 Å². The highest BCUT2D eigenvalue weighted by Gasteiger charge is 2.21. The van der Waals surface area contributed by atoms with Gasteiger partial charge in [0, 0.05) is 53.4 Å². The zero-order chi connectivity index (χ0) is 16.3. The lowest BCUT2D eigenvalue weighted by atomic mass is 10.1. The van der Waals surface area contributed by atoms with Crippen molar-refractivity contribution in [3.63, 3.8) is 0 Å². The predicted molar refractivity (Wildman–Crippen MR) is 90.8 cm³/mol. The molecule has 6 nitrogen and oxygen atoms in total. The molecule has 6 heteroatoms. The molecule has 2 heterocycles. The Bertz CT molecular complexity index is 440. The molecular weight excluding hydrogens is 294 g/mol. The standard InChI is InChI=1S/C17H29N3O3/c1-18-17(19-9-6-15-5-3-13-22-15)20-10-7-16(8-11-20)23-14-4-12-21-2/h3,5,13,16H,4,6-12,14H2,1-2H3,(H,18,19). The molecule has 1 aliphatic rings. The van der Waals surface area contributed by atoms with Gasteiger partial charge < -0.3 is 24.1 Å². The van der Waals surface area contributed by atoms with Crippen LogP contribution in [0.4, 0.5) is 0 Å². The van der Waals surface area contributed by atoms with Gasteiger partial charge in [-0.15, -0.1) is 0 Å². The van der Waals surface area contributed by atoms with Crippen LogP contribution in [0, 0.1) is 0 Å². The van der Waals surface area contributed by atoms with Gasteiger partial charge in [0.15, 0.2) is 5.96 Å².